The summed E-state index contributed by atoms with van der Waals surface area (Å²) in [6.45, 7) is 3.58. The van der Waals surface area contributed by atoms with E-state index >= 15 is 0 Å². The van der Waals surface area contributed by atoms with Gasteiger partial charge in [-0.3, -0.25) is 4.79 Å². The lowest BCUT2D eigenvalue weighted by Gasteiger charge is -2.41. The van der Waals surface area contributed by atoms with Gasteiger partial charge in [0.2, 0.25) is 0 Å². The largest absolute Gasteiger partial charge is 0.456 e. The Bertz CT molecular complexity index is 478. The fraction of sp³-hybridized carbons (Fsp3) is 0.889. The third kappa shape index (κ3) is 5.86. The molecule has 0 aromatic carbocycles. The lowest BCUT2D eigenvalue weighted by atomic mass is 9.74. The number of hydrogen-bond donors (Lipinski definition) is 1. The molecule has 1 unspecified atom stereocenters. The minimum atomic E-state index is -4.97. The lowest BCUT2D eigenvalue weighted by molar-refractivity contribution is -0.255. The van der Waals surface area contributed by atoms with Gasteiger partial charge < -0.3 is 14.6 Å². The lowest BCUT2D eigenvalue weighted by Crippen LogP contribution is -2.45. The maximum absolute atomic E-state index is 12.6. The van der Waals surface area contributed by atoms with Gasteiger partial charge in [0.05, 0.1) is 6.42 Å². The molecule has 0 aromatic rings. The van der Waals surface area contributed by atoms with E-state index in [0.717, 1.165) is 32.1 Å². The number of carbonyl (C=O) groups excluding carboxylic acids is 2. The van der Waals surface area contributed by atoms with Crippen LogP contribution in [-0.2, 0) is 19.1 Å². The van der Waals surface area contributed by atoms with Crippen LogP contribution in [0, 0.1) is 5.92 Å². The van der Waals surface area contributed by atoms with E-state index < -0.39 is 42.3 Å². The van der Waals surface area contributed by atoms with E-state index in [2.05, 4.69) is 4.74 Å². The average molecular weight is 382 g/mol. The van der Waals surface area contributed by atoms with E-state index in [1.54, 1.807) is 0 Å². The van der Waals surface area contributed by atoms with E-state index in [4.69, 9.17) is 4.74 Å². The predicted octanol–water partition coefficient (Wildman–Crippen LogP) is 3.92. The Morgan fingerprint density at radius 2 is 1.58 bits per heavy atom. The van der Waals surface area contributed by atoms with Crippen molar-refractivity contribution in [1.29, 1.82) is 0 Å². The number of esters is 2. The minimum absolute atomic E-state index is 0.233. The van der Waals surface area contributed by atoms with Crippen molar-refractivity contribution in [3.63, 3.8) is 0 Å². The molecule has 8 heteroatoms. The Morgan fingerprint density at radius 1 is 1.04 bits per heavy atom. The molecule has 0 saturated heterocycles. The van der Waals surface area contributed by atoms with Crippen LogP contribution in [0.2, 0.25) is 0 Å². The molecule has 0 heterocycles. The van der Waals surface area contributed by atoms with Crippen molar-refractivity contribution in [1.82, 2.24) is 0 Å². The molecule has 5 nitrogen and oxygen atoms in total. The second-order valence-corrected chi connectivity index (χ2v) is 7.19. The third-order valence-electron chi connectivity index (χ3n) is 5.31. The molecular weight excluding hydrogens is 353 g/mol. The first-order valence-corrected chi connectivity index (χ1v) is 9.14. The summed E-state index contributed by atoms with van der Waals surface area (Å²) >= 11 is 0. The van der Waals surface area contributed by atoms with E-state index in [9.17, 15) is 27.9 Å². The van der Waals surface area contributed by atoms with Gasteiger partial charge in [-0.1, -0.05) is 33.1 Å². The summed E-state index contributed by atoms with van der Waals surface area (Å²) in [6.07, 6.45) is 0.230. The van der Waals surface area contributed by atoms with Crippen LogP contribution in [0.5, 0.6) is 0 Å². The van der Waals surface area contributed by atoms with Gasteiger partial charge in [0.25, 0.3) is 0 Å². The Balaban J connectivity index is 2.59. The summed E-state index contributed by atoms with van der Waals surface area (Å²) in [6, 6.07) is 0. The average Bonchev–Trinajstić information content (AvgIpc) is 2.57. The van der Waals surface area contributed by atoms with E-state index in [1.807, 2.05) is 13.8 Å². The van der Waals surface area contributed by atoms with E-state index in [1.165, 1.54) is 0 Å². The molecule has 1 rings (SSSR count). The van der Waals surface area contributed by atoms with Crippen molar-refractivity contribution in [2.24, 2.45) is 5.92 Å². The van der Waals surface area contributed by atoms with Crippen LogP contribution in [0.15, 0.2) is 0 Å². The number of hydrogen-bond acceptors (Lipinski definition) is 5. The van der Waals surface area contributed by atoms with Crippen LogP contribution in [0.3, 0.4) is 0 Å². The zero-order valence-corrected chi connectivity index (χ0v) is 15.7. The standard InChI is InChI=1S/C18H29F3O5/c1-4-17(5-2,13-9-7-6-8-10-13)26-15(23)12-25-14(22)11-16(3,24)18(19,20)21/h13,24H,4-12H2,1-3H3. The van der Waals surface area contributed by atoms with Gasteiger partial charge in [0, 0.05) is 0 Å². The smallest absolute Gasteiger partial charge is 0.417 e. The van der Waals surface area contributed by atoms with Crippen molar-refractivity contribution in [3.8, 4) is 0 Å². The highest BCUT2D eigenvalue weighted by Gasteiger charge is 2.51. The first kappa shape index (κ1) is 22.7. The van der Waals surface area contributed by atoms with Gasteiger partial charge in [-0.25, -0.2) is 4.79 Å². The van der Waals surface area contributed by atoms with Crippen molar-refractivity contribution in [2.45, 2.75) is 89.5 Å². The van der Waals surface area contributed by atoms with Crippen LogP contribution in [0.4, 0.5) is 13.2 Å². The zero-order valence-electron chi connectivity index (χ0n) is 15.7. The van der Waals surface area contributed by atoms with Gasteiger partial charge in [0.15, 0.2) is 12.2 Å². The number of alkyl halides is 3. The summed E-state index contributed by atoms with van der Waals surface area (Å²) in [5, 5.41) is 9.28. The van der Waals surface area contributed by atoms with Crippen LogP contribution < -0.4 is 0 Å². The predicted molar refractivity (Wildman–Crippen MR) is 88.2 cm³/mol. The number of aliphatic hydroxyl groups is 1. The van der Waals surface area contributed by atoms with Crippen LogP contribution in [-0.4, -0.2) is 41.0 Å². The van der Waals surface area contributed by atoms with Crippen molar-refractivity contribution in [3.05, 3.63) is 0 Å². The Kier molecular flexibility index (Phi) is 7.92. The summed E-state index contributed by atoms with van der Waals surface area (Å²) < 4.78 is 47.9. The summed E-state index contributed by atoms with van der Waals surface area (Å²) in [7, 11) is 0. The van der Waals surface area contributed by atoms with Crippen molar-refractivity contribution in [2.75, 3.05) is 6.61 Å². The molecule has 1 atom stereocenters. The van der Waals surface area contributed by atoms with Gasteiger partial charge in [0.1, 0.15) is 5.60 Å². The van der Waals surface area contributed by atoms with Crippen LogP contribution >= 0.6 is 0 Å². The van der Waals surface area contributed by atoms with Gasteiger partial charge >= 0.3 is 18.1 Å². The molecule has 1 N–H and O–H groups in total. The first-order chi connectivity index (χ1) is 12.0. The second kappa shape index (κ2) is 9.06. The van der Waals surface area contributed by atoms with E-state index in [0.29, 0.717) is 19.8 Å². The molecule has 1 aliphatic rings. The number of carbonyl (C=O) groups is 2. The fourth-order valence-corrected chi connectivity index (χ4v) is 3.51. The molecule has 0 spiro atoms. The highest BCUT2D eigenvalue weighted by molar-refractivity contribution is 5.77. The Morgan fingerprint density at radius 3 is 2.04 bits per heavy atom. The monoisotopic (exact) mass is 382 g/mol. The maximum atomic E-state index is 12.6. The molecular formula is C18H29F3O5. The summed E-state index contributed by atoms with van der Waals surface area (Å²) in [4.78, 5) is 23.6. The normalized spacial score (nSPS) is 18.9. The Labute approximate surface area is 152 Å². The molecule has 152 valence electrons. The SMILES string of the molecule is CCC(CC)(OC(=O)COC(=O)CC(C)(O)C(F)(F)F)C1CCCCC1. The molecule has 0 amide bonds. The topological polar surface area (TPSA) is 72.8 Å². The fourth-order valence-electron chi connectivity index (χ4n) is 3.51. The second-order valence-electron chi connectivity index (χ2n) is 7.19. The highest BCUT2D eigenvalue weighted by Crippen LogP contribution is 2.39. The molecule has 0 bridgehead atoms. The number of halogens is 3. The van der Waals surface area contributed by atoms with Crippen molar-refractivity contribution >= 4 is 11.9 Å². The Hall–Kier alpha value is -1.31. The third-order valence-corrected chi connectivity index (χ3v) is 5.31. The van der Waals surface area contributed by atoms with Crippen molar-refractivity contribution < 1.29 is 37.3 Å². The highest BCUT2D eigenvalue weighted by atomic mass is 19.4. The maximum Gasteiger partial charge on any atom is 0.417 e. The molecule has 0 aromatic heterocycles. The molecule has 1 fully saturated rings. The minimum Gasteiger partial charge on any atom is -0.456 e. The van der Waals surface area contributed by atoms with Gasteiger partial charge in [-0.2, -0.15) is 13.2 Å². The van der Waals surface area contributed by atoms with Gasteiger partial charge in [-0.05, 0) is 38.5 Å². The molecule has 0 radical (unpaired) electrons. The first-order valence-electron chi connectivity index (χ1n) is 9.14. The summed E-state index contributed by atoms with van der Waals surface area (Å²) in [5.41, 5.74) is -3.84. The van der Waals surface area contributed by atoms with E-state index in [-0.39, 0.29) is 5.92 Å². The molecule has 1 saturated carbocycles. The number of ether oxygens (including phenoxy) is 2. The van der Waals surface area contributed by atoms with Crippen LogP contribution in [0.1, 0.15) is 72.1 Å². The van der Waals surface area contributed by atoms with Crippen LogP contribution in [0.25, 0.3) is 0 Å². The molecule has 1 aliphatic carbocycles. The van der Waals surface area contributed by atoms with Gasteiger partial charge in [-0.15, -0.1) is 0 Å². The quantitative estimate of drug-likeness (QED) is 0.644. The zero-order chi connectivity index (χ0) is 20.0. The summed E-state index contributed by atoms with van der Waals surface area (Å²) in [5.74, 6) is -1.85. The number of rotatable bonds is 8. The molecule has 26 heavy (non-hydrogen) atoms. The molecule has 0 aliphatic heterocycles.